The summed E-state index contributed by atoms with van der Waals surface area (Å²) in [5, 5.41) is 21.0. The topological polar surface area (TPSA) is 109 Å². The fourth-order valence-corrected chi connectivity index (χ4v) is 3.33. The molecule has 0 atom stereocenters. The van der Waals surface area contributed by atoms with E-state index >= 15 is 0 Å². The van der Waals surface area contributed by atoms with Crippen LogP contribution >= 0.6 is 15.9 Å². The third-order valence-corrected chi connectivity index (χ3v) is 4.71. The van der Waals surface area contributed by atoms with E-state index in [0.29, 0.717) is 28.9 Å². The maximum Gasteiger partial charge on any atom is 0.341 e. The zero-order valence-electron chi connectivity index (χ0n) is 17.1. The summed E-state index contributed by atoms with van der Waals surface area (Å²) in [6.07, 6.45) is 3.03. The Hall–Kier alpha value is -3.31. The molecule has 31 heavy (non-hydrogen) atoms. The molecule has 2 rings (SSSR count). The summed E-state index contributed by atoms with van der Waals surface area (Å²) in [5.74, 6) is -1.03. The molecule has 0 aromatic heterocycles. The normalized spacial score (nSPS) is 10.8. The van der Waals surface area contributed by atoms with Gasteiger partial charge in [0.2, 0.25) is 0 Å². The fraction of sp³-hybridized carbons (Fsp3) is 0.261. The SMILES string of the molecule is CCOc1cc(/C=C(/C#N)C(=O)NCCCc2ccccc2)cc(Br)c1OCC(=O)O. The molecule has 0 saturated heterocycles. The minimum absolute atomic E-state index is 0.0479. The molecule has 1 amide bonds. The molecule has 0 spiro atoms. The number of nitrogens with one attached hydrogen (secondary N) is 1. The lowest BCUT2D eigenvalue weighted by atomic mass is 10.1. The van der Waals surface area contributed by atoms with Crippen molar-refractivity contribution < 1.29 is 24.2 Å². The van der Waals surface area contributed by atoms with E-state index in [1.807, 2.05) is 36.4 Å². The van der Waals surface area contributed by atoms with Crippen LogP contribution < -0.4 is 14.8 Å². The van der Waals surface area contributed by atoms with Crippen molar-refractivity contribution in [3.63, 3.8) is 0 Å². The first-order valence-electron chi connectivity index (χ1n) is 9.69. The zero-order chi connectivity index (χ0) is 22.6. The number of amides is 1. The highest BCUT2D eigenvalue weighted by Crippen LogP contribution is 2.37. The lowest BCUT2D eigenvalue weighted by Gasteiger charge is -2.13. The van der Waals surface area contributed by atoms with E-state index in [4.69, 9.17) is 14.6 Å². The number of ether oxygens (including phenoxy) is 2. The van der Waals surface area contributed by atoms with E-state index in [2.05, 4.69) is 21.2 Å². The van der Waals surface area contributed by atoms with E-state index in [0.717, 1.165) is 12.8 Å². The van der Waals surface area contributed by atoms with Crippen molar-refractivity contribution in [3.8, 4) is 17.6 Å². The first-order chi connectivity index (χ1) is 14.9. The molecule has 2 N–H and O–H groups in total. The number of aryl methyl sites for hydroxylation is 1. The number of carboxylic acid groups (broad SMARTS) is 1. The highest BCUT2D eigenvalue weighted by atomic mass is 79.9. The molecule has 0 saturated carbocycles. The van der Waals surface area contributed by atoms with Gasteiger partial charge in [-0.1, -0.05) is 30.3 Å². The first-order valence-corrected chi connectivity index (χ1v) is 10.5. The second kappa shape index (κ2) is 12.4. The van der Waals surface area contributed by atoms with Gasteiger partial charge < -0.3 is 19.9 Å². The smallest absolute Gasteiger partial charge is 0.341 e. The molecule has 0 radical (unpaired) electrons. The number of rotatable bonds is 11. The standard InChI is InChI=1S/C23H23BrN2O5/c1-2-30-20-13-17(12-19(24)22(20)31-15-21(27)28)11-18(14-25)23(29)26-10-6-9-16-7-4-3-5-8-16/h3-5,7-8,11-13H,2,6,9-10,15H2,1H3,(H,26,29)(H,27,28)/b18-11-. The van der Waals surface area contributed by atoms with Gasteiger partial charge in [-0.05, 0) is 65.0 Å². The average molecular weight is 487 g/mol. The van der Waals surface area contributed by atoms with Gasteiger partial charge in [0, 0.05) is 6.54 Å². The van der Waals surface area contributed by atoms with Crippen LogP contribution in [0.25, 0.3) is 6.08 Å². The molecule has 2 aromatic rings. The van der Waals surface area contributed by atoms with Gasteiger partial charge in [-0.25, -0.2) is 4.79 Å². The monoisotopic (exact) mass is 486 g/mol. The van der Waals surface area contributed by atoms with E-state index in [-0.39, 0.29) is 11.3 Å². The predicted molar refractivity (Wildman–Crippen MR) is 120 cm³/mol. The van der Waals surface area contributed by atoms with Gasteiger partial charge in [0.05, 0.1) is 11.1 Å². The van der Waals surface area contributed by atoms with Crippen molar-refractivity contribution in [1.82, 2.24) is 5.32 Å². The molecule has 2 aromatic carbocycles. The number of hydrogen-bond acceptors (Lipinski definition) is 5. The van der Waals surface area contributed by atoms with Crippen LogP contribution in [0.3, 0.4) is 0 Å². The van der Waals surface area contributed by atoms with Crippen LogP contribution in [0.1, 0.15) is 24.5 Å². The van der Waals surface area contributed by atoms with Crippen LogP contribution in [0.15, 0.2) is 52.5 Å². The summed E-state index contributed by atoms with van der Waals surface area (Å²) in [5.41, 5.74) is 1.67. The summed E-state index contributed by atoms with van der Waals surface area (Å²) >= 11 is 3.33. The molecule has 0 fully saturated rings. The van der Waals surface area contributed by atoms with Gasteiger partial charge in [-0.3, -0.25) is 4.79 Å². The van der Waals surface area contributed by atoms with Crippen molar-refractivity contribution in [2.45, 2.75) is 19.8 Å². The van der Waals surface area contributed by atoms with Gasteiger partial charge in [0.25, 0.3) is 5.91 Å². The maximum absolute atomic E-state index is 12.4. The lowest BCUT2D eigenvalue weighted by Crippen LogP contribution is -2.25. The molecule has 0 heterocycles. The van der Waals surface area contributed by atoms with Crippen molar-refractivity contribution in [2.75, 3.05) is 19.8 Å². The van der Waals surface area contributed by atoms with Crippen molar-refractivity contribution in [2.24, 2.45) is 0 Å². The fourth-order valence-electron chi connectivity index (χ4n) is 2.76. The molecule has 0 aliphatic rings. The molecular formula is C23H23BrN2O5. The molecule has 162 valence electrons. The minimum Gasteiger partial charge on any atom is -0.490 e. The van der Waals surface area contributed by atoms with Crippen molar-refractivity contribution >= 4 is 33.9 Å². The molecular weight excluding hydrogens is 464 g/mol. The van der Waals surface area contributed by atoms with Crippen molar-refractivity contribution in [1.29, 1.82) is 5.26 Å². The number of hydrogen-bond donors (Lipinski definition) is 2. The number of carbonyl (C=O) groups excluding carboxylic acids is 1. The Morgan fingerprint density at radius 2 is 1.97 bits per heavy atom. The zero-order valence-corrected chi connectivity index (χ0v) is 18.6. The molecule has 7 nitrogen and oxygen atoms in total. The Morgan fingerprint density at radius 1 is 1.23 bits per heavy atom. The van der Waals surface area contributed by atoms with Gasteiger partial charge in [0.15, 0.2) is 18.1 Å². The number of benzene rings is 2. The van der Waals surface area contributed by atoms with Crippen LogP contribution in [0.4, 0.5) is 0 Å². The Balaban J connectivity index is 2.08. The van der Waals surface area contributed by atoms with Crippen LogP contribution in [-0.2, 0) is 16.0 Å². The molecule has 0 unspecified atom stereocenters. The molecule has 0 aliphatic heterocycles. The van der Waals surface area contributed by atoms with E-state index in [1.165, 1.54) is 11.6 Å². The largest absolute Gasteiger partial charge is 0.490 e. The number of aliphatic carboxylic acids is 1. The molecule has 8 heteroatoms. The van der Waals surface area contributed by atoms with Crippen LogP contribution in [0.5, 0.6) is 11.5 Å². The molecule has 0 bridgehead atoms. The minimum atomic E-state index is -1.12. The quantitative estimate of drug-likeness (QED) is 0.282. The molecule has 0 aliphatic carbocycles. The Morgan fingerprint density at radius 3 is 2.61 bits per heavy atom. The van der Waals surface area contributed by atoms with Gasteiger partial charge in [-0.2, -0.15) is 5.26 Å². The van der Waals surface area contributed by atoms with E-state index in [9.17, 15) is 14.9 Å². The van der Waals surface area contributed by atoms with E-state index < -0.39 is 18.5 Å². The van der Waals surface area contributed by atoms with Crippen molar-refractivity contribution in [3.05, 3.63) is 63.6 Å². The Kier molecular flexibility index (Phi) is 9.59. The Labute approximate surface area is 189 Å². The second-order valence-corrected chi connectivity index (χ2v) is 7.31. The number of halogens is 1. The third kappa shape index (κ3) is 7.79. The first kappa shape index (κ1) is 24.0. The van der Waals surface area contributed by atoms with Crippen LogP contribution in [0.2, 0.25) is 0 Å². The Bertz CT molecular complexity index is 983. The van der Waals surface area contributed by atoms with Gasteiger partial charge in [-0.15, -0.1) is 0 Å². The highest BCUT2D eigenvalue weighted by Gasteiger charge is 2.15. The number of carboxylic acids is 1. The summed E-state index contributed by atoms with van der Waals surface area (Å²) in [7, 11) is 0. The van der Waals surface area contributed by atoms with Gasteiger partial charge >= 0.3 is 5.97 Å². The summed E-state index contributed by atoms with van der Waals surface area (Å²) < 4.78 is 11.3. The third-order valence-electron chi connectivity index (χ3n) is 4.12. The lowest BCUT2D eigenvalue weighted by molar-refractivity contribution is -0.139. The van der Waals surface area contributed by atoms with Crippen LogP contribution in [-0.4, -0.2) is 36.7 Å². The average Bonchev–Trinajstić information content (AvgIpc) is 2.75. The highest BCUT2D eigenvalue weighted by molar-refractivity contribution is 9.10. The summed E-state index contributed by atoms with van der Waals surface area (Å²) in [6, 6.07) is 15.1. The second-order valence-electron chi connectivity index (χ2n) is 6.46. The number of carbonyl (C=O) groups is 2. The number of nitriles is 1. The summed E-state index contributed by atoms with van der Waals surface area (Å²) in [6.45, 7) is 2.03. The van der Waals surface area contributed by atoms with Gasteiger partial charge in [0.1, 0.15) is 11.6 Å². The predicted octanol–water partition coefficient (Wildman–Crippen LogP) is 3.97. The van der Waals surface area contributed by atoms with Crippen LogP contribution in [0, 0.1) is 11.3 Å². The van der Waals surface area contributed by atoms with E-state index in [1.54, 1.807) is 19.1 Å². The summed E-state index contributed by atoms with van der Waals surface area (Å²) in [4.78, 5) is 23.2. The number of nitrogens with zero attached hydrogens (tertiary/aromatic N) is 1. The maximum atomic E-state index is 12.4.